The zero-order valence-corrected chi connectivity index (χ0v) is 17.2. The molecule has 0 spiro atoms. The van der Waals surface area contributed by atoms with Gasteiger partial charge in [0, 0.05) is 29.2 Å². The molecule has 0 aliphatic heterocycles. The van der Waals surface area contributed by atoms with Crippen molar-refractivity contribution >= 4 is 28.4 Å². The molecule has 7 heteroatoms. The van der Waals surface area contributed by atoms with Gasteiger partial charge < -0.3 is 19.8 Å². The monoisotopic (exact) mass is 419 g/mol. The number of carbonyl (C=O) groups excluding carboxylic acids is 1. The number of anilines is 2. The van der Waals surface area contributed by atoms with E-state index in [1.54, 1.807) is 13.2 Å². The van der Waals surface area contributed by atoms with Crippen molar-refractivity contribution in [3.8, 4) is 22.8 Å². The van der Waals surface area contributed by atoms with E-state index in [0.717, 1.165) is 27.9 Å². The van der Waals surface area contributed by atoms with Gasteiger partial charge in [-0.2, -0.15) is 0 Å². The number of fused-ring (bicyclic) bond motifs is 1. The first-order valence-electron chi connectivity index (χ1n) is 9.80. The predicted molar refractivity (Wildman–Crippen MR) is 120 cm³/mol. The molecule has 4 aromatic rings. The molecule has 1 aromatic heterocycles. The number of hydrogen-bond donors (Lipinski definition) is 2. The number of hydrogen-bond acceptors (Lipinski definition) is 4. The van der Waals surface area contributed by atoms with Gasteiger partial charge in [-0.05, 0) is 55.5 Å². The van der Waals surface area contributed by atoms with E-state index in [2.05, 4.69) is 9.88 Å². The fourth-order valence-corrected chi connectivity index (χ4v) is 3.62. The van der Waals surface area contributed by atoms with Gasteiger partial charge in [-0.1, -0.05) is 12.1 Å². The number of halogens is 1. The van der Waals surface area contributed by atoms with Crippen LogP contribution in [0.1, 0.15) is 6.92 Å². The average molecular weight is 419 g/mol. The summed E-state index contributed by atoms with van der Waals surface area (Å²) in [4.78, 5) is 12.2. The number of aromatic nitrogens is 1. The Morgan fingerprint density at radius 1 is 1.06 bits per heavy atom. The molecule has 3 aromatic carbocycles. The maximum Gasteiger partial charge on any atom is 0.417 e. The van der Waals surface area contributed by atoms with Crippen LogP contribution in [0.4, 0.5) is 20.6 Å². The molecule has 1 amide bonds. The summed E-state index contributed by atoms with van der Waals surface area (Å²) >= 11 is 0. The number of methoxy groups -OCH3 is 1. The van der Waals surface area contributed by atoms with Crippen molar-refractivity contribution in [1.82, 2.24) is 4.57 Å². The van der Waals surface area contributed by atoms with Crippen LogP contribution in [0.15, 0.2) is 66.7 Å². The highest BCUT2D eigenvalue weighted by molar-refractivity contribution is 6.02. The molecule has 3 N–H and O–H groups in total. The van der Waals surface area contributed by atoms with Gasteiger partial charge in [0.2, 0.25) is 0 Å². The molecule has 1 heterocycles. The van der Waals surface area contributed by atoms with Crippen molar-refractivity contribution in [2.24, 2.45) is 0 Å². The summed E-state index contributed by atoms with van der Waals surface area (Å²) in [7, 11) is 1.63. The van der Waals surface area contributed by atoms with E-state index in [1.807, 2.05) is 43.3 Å². The first-order chi connectivity index (χ1) is 15.0. The molecule has 158 valence electrons. The fourth-order valence-electron chi connectivity index (χ4n) is 3.62. The minimum atomic E-state index is -0.669. The number of nitrogen functional groups attached to an aromatic ring is 1. The zero-order chi connectivity index (χ0) is 22.0. The van der Waals surface area contributed by atoms with Crippen LogP contribution in [-0.2, 0) is 6.54 Å². The molecule has 0 bridgehead atoms. The quantitative estimate of drug-likeness (QED) is 0.437. The van der Waals surface area contributed by atoms with Crippen molar-refractivity contribution < 1.29 is 18.7 Å². The third-order valence-electron chi connectivity index (χ3n) is 5.03. The Labute approximate surface area is 179 Å². The van der Waals surface area contributed by atoms with E-state index < -0.39 is 11.9 Å². The van der Waals surface area contributed by atoms with Crippen LogP contribution >= 0.6 is 0 Å². The lowest BCUT2D eigenvalue weighted by Gasteiger charge is -2.12. The van der Waals surface area contributed by atoms with E-state index in [-0.39, 0.29) is 5.75 Å². The Bertz CT molecular complexity index is 1250. The van der Waals surface area contributed by atoms with E-state index in [1.165, 1.54) is 24.3 Å². The Balaban J connectivity index is 1.65. The number of ether oxygens (including phenoxy) is 2. The fraction of sp³-hybridized carbons (Fsp3) is 0.125. The van der Waals surface area contributed by atoms with Crippen molar-refractivity contribution in [1.29, 1.82) is 0 Å². The molecule has 0 atom stereocenters. The van der Waals surface area contributed by atoms with Gasteiger partial charge in [-0.3, -0.25) is 5.32 Å². The number of rotatable bonds is 5. The van der Waals surface area contributed by atoms with Crippen molar-refractivity contribution in [3.05, 3.63) is 72.5 Å². The second-order valence-electron chi connectivity index (χ2n) is 6.94. The second-order valence-corrected chi connectivity index (χ2v) is 6.94. The molecule has 0 aliphatic carbocycles. The van der Waals surface area contributed by atoms with Gasteiger partial charge in [-0.15, -0.1) is 0 Å². The van der Waals surface area contributed by atoms with Crippen LogP contribution in [0.5, 0.6) is 11.5 Å². The largest absolute Gasteiger partial charge is 0.497 e. The SMILES string of the molecule is CCn1c(-c2cccc(NC(=O)Oc3ccc(F)cc3)c2)c(N)c2ccc(OC)cc21. The van der Waals surface area contributed by atoms with Crippen LogP contribution < -0.4 is 20.5 Å². The van der Waals surface area contributed by atoms with Crippen LogP contribution in [0.2, 0.25) is 0 Å². The number of nitrogens with zero attached hydrogens (tertiary/aromatic N) is 1. The lowest BCUT2D eigenvalue weighted by atomic mass is 10.1. The highest BCUT2D eigenvalue weighted by Gasteiger charge is 2.17. The molecular formula is C24H22FN3O3. The number of nitrogens with one attached hydrogen (secondary N) is 1. The normalized spacial score (nSPS) is 10.8. The molecule has 0 saturated heterocycles. The van der Waals surface area contributed by atoms with E-state index in [4.69, 9.17) is 15.2 Å². The van der Waals surface area contributed by atoms with Crippen molar-refractivity contribution in [2.45, 2.75) is 13.5 Å². The summed E-state index contributed by atoms with van der Waals surface area (Å²) in [5, 5.41) is 3.64. The highest BCUT2D eigenvalue weighted by atomic mass is 19.1. The standard InChI is InChI=1S/C24H22FN3O3/c1-3-28-21-14-19(30-2)11-12-20(21)22(26)23(28)15-5-4-6-17(13-15)27-24(29)31-18-9-7-16(25)8-10-18/h4-14H,3,26H2,1-2H3,(H,27,29). The number of aryl methyl sites for hydroxylation is 1. The minimum absolute atomic E-state index is 0.249. The first kappa shape index (κ1) is 20.3. The number of nitrogens with two attached hydrogens (primary N) is 1. The van der Waals surface area contributed by atoms with Crippen LogP contribution in [-0.4, -0.2) is 17.8 Å². The molecule has 4 rings (SSSR count). The summed E-state index contributed by atoms with van der Waals surface area (Å²) in [6.07, 6.45) is -0.669. The van der Waals surface area contributed by atoms with Gasteiger partial charge in [0.05, 0.1) is 24.0 Å². The Morgan fingerprint density at radius 3 is 2.52 bits per heavy atom. The number of benzene rings is 3. The molecule has 0 unspecified atom stereocenters. The minimum Gasteiger partial charge on any atom is -0.497 e. The zero-order valence-electron chi connectivity index (χ0n) is 17.2. The first-order valence-corrected chi connectivity index (χ1v) is 9.80. The molecule has 0 saturated carbocycles. The van der Waals surface area contributed by atoms with Crippen LogP contribution in [0.3, 0.4) is 0 Å². The smallest absolute Gasteiger partial charge is 0.417 e. The summed E-state index contributed by atoms with van der Waals surface area (Å²) in [5.74, 6) is 0.603. The highest BCUT2D eigenvalue weighted by Crippen LogP contribution is 2.38. The van der Waals surface area contributed by atoms with E-state index in [0.29, 0.717) is 17.9 Å². The third kappa shape index (κ3) is 4.02. The predicted octanol–water partition coefficient (Wildman–Crippen LogP) is 5.67. The Kier molecular flexibility index (Phi) is 5.49. The van der Waals surface area contributed by atoms with Gasteiger partial charge in [0.15, 0.2) is 0 Å². The van der Waals surface area contributed by atoms with Crippen LogP contribution in [0, 0.1) is 5.82 Å². The second kappa shape index (κ2) is 8.39. The van der Waals surface area contributed by atoms with Gasteiger partial charge >= 0.3 is 6.09 Å². The topological polar surface area (TPSA) is 78.5 Å². The molecule has 0 fully saturated rings. The molecule has 0 aliphatic rings. The summed E-state index contributed by atoms with van der Waals surface area (Å²) in [6, 6.07) is 18.4. The lowest BCUT2D eigenvalue weighted by Crippen LogP contribution is -2.16. The number of carbonyl (C=O) groups is 1. The Morgan fingerprint density at radius 2 is 1.81 bits per heavy atom. The third-order valence-corrected chi connectivity index (χ3v) is 5.03. The maximum atomic E-state index is 13.0. The lowest BCUT2D eigenvalue weighted by molar-refractivity contribution is 0.215. The van der Waals surface area contributed by atoms with Gasteiger partial charge in [0.25, 0.3) is 0 Å². The summed E-state index contributed by atoms with van der Waals surface area (Å²) < 4.78 is 25.7. The molecule has 0 radical (unpaired) electrons. The number of amides is 1. The van der Waals surface area contributed by atoms with E-state index >= 15 is 0 Å². The molecule has 6 nitrogen and oxygen atoms in total. The van der Waals surface area contributed by atoms with Gasteiger partial charge in [-0.25, -0.2) is 9.18 Å². The Hall–Kier alpha value is -4.00. The average Bonchev–Trinajstić information content (AvgIpc) is 3.06. The molecular weight excluding hydrogens is 397 g/mol. The van der Waals surface area contributed by atoms with Crippen LogP contribution in [0.25, 0.3) is 22.2 Å². The summed E-state index contributed by atoms with van der Waals surface area (Å²) in [6.45, 7) is 2.75. The van der Waals surface area contributed by atoms with E-state index in [9.17, 15) is 9.18 Å². The van der Waals surface area contributed by atoms with Crippen molar-refractivity contribution in [2.75, 3.05) is 18.2 Å². The maximum absolute atomic E-state index is 13.0. The molecule has 31 heavy (non-hydrogen) atoms. The van der Waals surface area contributed by atoms with Crippen molar-refractivity contribution in [3.63, 3.8) is 0 Å². The summed E-state index contributed by atoms with van der Waals surface area (Å²) in [5.41, 5.74) is 10.4. The van der Waals surface area contributed by atoms with Gasteiger partial charge in [0.1, 0.15) is 17.3 Å².